The Morgan fingerprint density at radius 1 is 1.32 bits per heavy atom. The van der Waals surface area contributed by atoms with Gasteiger partial charge in [0.1, 0.15) is 6.33 Å². The van der Waals surface area contributed by atoms with Crippen molar-refractivity contribution in [3.8, 4) is 0 Å². The number of hydrogen-bond acceptors (Lipinski definition) is 7. The topological polar surface area (TPSA) is 110 Å². The van der Waals surface area contributed by atoms with E-state index in [0.29, 0.717) is 0 Å². The molecule has 1 aromatic carbocycles. The molecule has 19 heavy (non-hydrogen) atoms. The van der Waals surface area contributed by atoms with Crippen molar-refractivity contribution in [3.05, 3.63) is 46.8 Å². The van der Waals surface area contributed by atoms with Crippen LogP contribution in [0.1, 0.15) is 0 Å². The van der Waals surface area contributed by atoms with Crippen LogP contribution >= 0.6 is 0 Å². The molecule has 0 aliphatic carbocycles. The minimum Gasteiger partial charge on any atom is -0.324 e. The lowest BCUT2D eigenvalue weighted by Crippen LogP contribution is -2.17. The van der Waals surface area contributed by atoms with Crippen molar-refractivity contribution < 1.29 is 4.92 Å². The molecule has 3 N–H and O–H groups in total. The van der Waals surface area contributed by atoms with Gasteiger partial charge in [-0.05, 0) is 12.1 Å². The van der Waals surface area contributed by atoms with Gasteiger partial charge in [-0.3, -0.25) is 10.1 Å². The Morgan fingerprint density at radius 3 is 2.58 bits per heavy atom. The molecule has 0 atom stereocenters. The lowest BCUT2D eigenvalue weighted by Gasteiger charge is -2.18. The second-order valence-electron chi connectivity index (χ2n) is 3.69. The standard InChI is InChI=1S/C11H12N6O2/c1-16(8-5-3-2-4-6-8)11-9(17(18)19)10(15-12)13-7-14-11/h2-7H,12H2,1H3,(H,13,14,15). The van der Waals surface area contributed by atoms with E-state index >= 15 is 0 Å². The molecule has 0 saturated carbocycles. The highest BCUT2D eigenvalue weighted by molar-refractivity contribution is 5.74. The number of benzene rings is 1. The molecule has 0 spiro atoms. The molecular formula is C11H12N6O2. The van der Waals surface area contributed by atoms with Crippen molar-refractivity contribution in [2.24, 2.45) is 5.84 Å². The Balaban J connectivity index is 2.53. The first-order valence-electron chi connectivity index (χ1n) is 5.40. The van der Waals surface area contributed by atoms with Crippen molar-refractivity contribution >= 4 is 23.0 Å². The highest BCUT2D eigenvalue weighted by Crippen LogP contribution is 2.33. The van der Waals surface area contributed by atoms with Gasteiger partial charge in [0, 0.05) is 12.7 Å². The fraction of sp³-hybridized carbons (Fsp3) is 0.0909. The number of hydrazine groups is 1. The highest BCUT2D eigenvalue weighted by Gasteiger charge is 2.25. The minimum absolute atomic E-state index is 0.0298. The van der Waals surface area contributed by atoms with Crippen LogP contribution in [0.5, 0.6) is 0 Å². The van der Waals surface area contributed by atoms with Crippen molar-refractivity contribution in [1.82, 2.24) is 9.97 Å². The van der Waals surface area contributed by atoms with Gasteiger partial charge in [0.05, 0.1) is 4.92 Å². The first kappa shape index (κ1) is 12.7. The maximum Gasteiger partial charge on any atom is 0.355 e. The molecule has 0 amide bonds. The van der Waals surface area contributed by atoms with Gasteiger partial charge in [-0.1, -0.05) is 18.2 Å². The van der Waals surface area contributed by atoms with Crippen LogP contribution in [-0.2, 0) is 0 Å². The van der Waals surface area contributed by atoms with E-state index in [1.54, 1.807) is 11.9 Å². The molecule has 0 unspecified atom stereocenters. The number of nitro groups is 1. The molecule has 0 saturated heterocycles. The fourth-order valence-corrected chi connectivity index (χ4v) is 1.66. The second kappa shape index (κ2) is 5.27. The Hall–Kier alpha value is -2.74. The van der Waals surface area contributed by atoms with Crippen LogP contribution in [0.3, 0.4) is 0 Å². The minimum atomic E-state index is -0.566. The Bertz CT molecular complexity index is 589. The molecular weight excluding hydrogens is 248 g/mol. The number of aromatic nitrogens is 2. The number of para-hydroxylation sites is 1. The lowest BCUT2D eigenvalue weighted by molar-refractivity contribution is -0.383. The summed E-state index contributed by atoms with van der Waals surface area (Å²) in [4.78, 5) is 19.9. The first-order valence-corrected chi connectivity index (χ1v) is 5.40. The number of rotatable bonds is 4. The summed E-state index contributed by atoms with van der Waals surface area (Å²) in [6.07, 6.45) is 1.22. The normalized spacial score (nSPS) is 10.0. The number of nitrogens with zero attached hydrogens (tertiary/aromatic N) is 4. The first-order chi connectivity index (χ1) is 9.15. The molecule has 1 heterocycles. The number of hydrogen-bond donors (Lipinski definition) is 2. The summed E-state index contributed by atoms with van der Waals surface area (Å²) >= 11 is 0. The van der Waals surface area contributed by atoms with E-state index in [9.17, 15) is 10.1 Å². The molecule has 0 fully saturated rings. The van der Waals surface area contributed by atoms with Crippen LogP contribution in [0.25, 0.3) is 0 Å². The van der Waals surface area contributed by atoms with Gasteiger partial charge in [-0.2, -0.15) is 0 Å². The predicted octanol–water partition coefficient (Wildman–Crippen LogP) is 1.44. The SMILES string of the molecule is CN(c1ccccc1)c1ncnc(NN)c1[N+](=O)[O-]. The molecule has 0 aliphatic heterocycles. The summed E-state index contributed by atoms with van der Waals surface area (Å²) < 4.78 is 0. The fourth-order valence-electron chi connectivity index (χ4n) is 1.66. The van der Waals surface area contributed by atoms with Crippen LogP contribution < -0.4 is 16.2 Å². The van der Waals surface area contributed by atoms with E-state index in [1.165, 1.54) is 6.33 Å². The van der Waals surface area contributed by atoms with Gasteiger partial charge in [-0.15, -0.1) is 0 Å². The quantitative estimate of drug-likeness (QED) is 0.486. The lowest BCUT2D eigenvalue weighted by atomic mass is 10.3. The predicted molar refractivity (Wildman–Crippen MR) is 71.0 cm³/mol. The number of nitrogens with two attached hydrogens (primary N) is 1. The number of anilines is 3. The molecule has 0 aliphatic rings. The zero-order chi connectivity index (χ0) is 13.8. The van der Waals surface area contributed by atoms with Gasteiger partial charge in [0.2, 0.25) is 11.6 Å². The number of nitrogens with one attached hydrogen (secondary N) is 1. The van der Waals surface area contributed by atoms with Crippen molar-refractivity contribution in [1.29, 1.82) is 0 Å². The summed E-state index contributed by atoms with van der Waals surface area (Å²) in [6, 6.07) is 9.17. The molecule has 8 nitrogen and oxygen atoms in total. The van der Waals surface area contributed by atoms with E-state index < -0.39 is 4.92 Å². The van der Waals surface area contributed by atoms with E-state index in [0.717, 1.165) is 5.69 Å². The molecule has 2 rings (SSSR count). The van der Waals surface area contributed by atoms with E-state index in [1.807, 2.05) is 30.3 Å². The Kier molecular flexibility index (Phi) is 3.53. The summed E-state index contributed by atoms with van der Waals surface area (Å²) in [5.74, 6) is 5.37. The van der Waals surface area contributed by atoms with Gasteiger partial charge < -0.3 is 10.3 Å². The zero-order valence-electron chi connectivity index (χ0n) is 10.1. The average molecular weight is 260 g/mol. The largest absolute Gasteiger partial charge is 0.355 e. The maximum absolute atomic E-state index is 11.1. The van der Waals surface area contributed by atoms with Crippen LogP contribution in [0.4, 0.5) is 23.0 Å². The molecule has 0 bridgehead atoms. The Morgan fingerprint density at radius 2 is 2.00 bits per heavy atom. The average Bonchev–Trinajstić information content (AvgIpc) is 2.46. The third-order valence-corrected chi connectivity index (χ3v) is 2.58. The highest BCUT2D eigenvalue weighted by atomic mass is 16.6. The van der Waals surface area contributed by atoms with Crippen molar-refractivity contribution in [2.75, 3.05) is 17.4 Å². The van der Waals surface area contributed by atoms with Gasteiger partial charge in [0.25, 0.3) is 0 Å². The molecule has 2 aromatic rings. The summed E-state index contributed by atoms with van der Waals surface area (Å²) in [7, 11) is 1.69. The summed E-state index contributed by atoms with van der Waals surface area (Å²) in [5.41, 5.74) is 2.71. The second-order valence-corrected chi connectivity index (χ2v) is 3.69. The third-order valence-electron chi connectivity index (χ3n) is 2.58. The smallest absolute Gasteiger partial charge is 0.324 e. The molecule has 8 heteroatoms. The van der Waals surface area contributed by atoms with Crippen molar-refractivity contribution in [2.45, 2.75) is 0 Å². The van der Waals surface area contributed by atoms with Gasteiger partial charge in [0.15, 0.2) is 0 Å². The zero-order valence-corrected chi connectivity index (χ0v) is 10.1. The molecule has 98 valence electrons. The monoisotopic (exact) mass is 260 g/mol. The van der Waals surface area contributed by atoms with E-state index in [-0.39, 0.29) is 17.3 Å². The van der Waals surface area contributed by atoms with Crippen LogP contribution in [0.2, 0.25) is 0 Å². The van der Waals surface area contributed by atoms with Gasteiger partial charge >= 0.3 is 5.69 Å². The van der Waals surface area contributed by atoms with E-state index in [4.69, 9.17) is 5.84 Å². The maximum atomic E-state index is 11.1. The van der Waals surface area contributed by atoms with Crippen LogP contribution in [-0.4, -0.2) is 21.9 Å². The van der Waals surface area contributed by atoms with Crippen LogP contribution in [0.15, 0.2) is 36.7 Å². The molecule has 0 radical (unpaired) electrons. The van der Waals surface area contributed by atoms with E-state index in [2.05, 4.69) is 15.4 Å². The van der Waals surface area contributed by atoms with Gasteiger partial charge in [-0.25, -0.2) is 15.8 Å². The number of nitrogen functional groups attached to an aromatic ring is 1. The molecule has 1 aromatic heterocycles. The third kappa shape index (κ3) is 2.43. The summed E-state index contributed by atoms with van der Waals surface area (Å²) in [5, 5.41) is 11.1. The van der Waals surface area contributed by atoms with Crippen molar-refractivity contribution in [3.63, 3.8) is 0 Å². The van der Waals surface area contributed by atoms with Crippen LogP contribution in [0, 0.1) is 10.1 Å². The summed E-state index contributed by atoms with van der Waals surface area (Å²) in [6.45, 7) is 0. The Labute approximate surface area is 109 Å².